The van der Waals surface area contributed by atoms with Crippen molar-refractivity contribution in [3.05, 3.63) is 0 Å². The van der Waals surface area contributed by atoms with Gasteiger partial charge in [-0.2, -0.15) is 15.0 Å². The van der Waals surface area contributed by atoms with Gasteiger partial charge in [-0.15, -0.1) is 0 Å². The Morgan fingerprint density at radius 1 is 1.14 bits per heavy atom. The number of anilines is 3. The van der Waals surface area contributed by atoms with Crippen LogP contribution in [-0.2, 0) is 0 Å². The monoisotopic (exact) mass is 292 g/mol. The summed E-state index contributed by atoms with van der Waals surface area (Å²) in [4.78, 5) is 18.4. The summed E-state index contributed by atoms with van der Waals surface area (Å²) in [7, 11) is 0. The zero-order chi connectivity index (χ0) is 15.2. The molecule has 1 unspecified atom stereocenters. The third kappa shape index (κ3) is 3.74. The highest BCUT2D eigenvalue weighted by atomic mass is 15.4. The molecule has 0 bridgehead atoms. The van der Waals surface area contributed by atoms with Gasteiger partial charge in [0.25, 0.3) is 0 Å². The molecule has 1 aliphatic rings. The summed E-state index contributed by atoms with van der Waals surface area (Å²) in [6, 6.07) is 0.429. The van der Waals surface area contributed by atoms with Crippen LogP contribution in [0.1, 0.15) is 47.0 Å². The van der Waals surface area contributed by atoms with E-state index in [0.29, 0.717) is 12.0 Å². The van der Waals surface area contributed by atoms with Crippen molar-refractivity contribution >= 4 is 17.8 Å². The van der Waals surface area contributed by atoms with Crippen LogP contribution in [0.4, 0.5) is 17.8 Å². The quantitative estimate of drug-likeness (QED) is 0.833. The maximum atomic E-state index is 4.73. The Morgan fingerprint density at radius 3 is 2.43 bits per heavy atom. The topological polar surface area (TPSA) is 57.2 Å². The molecule has 1 N–H and O–H groups in total. The van der Waals surface area contributed by atoms with Gasteiger partial charge in [-0.05, 0) is 40.0 Å². The summed E-state index contributed by atoms with van der Waals surface area (Å²) in [5, 5.41) is 3.23. The number of rotatable bonds is 7. The molecule has 2 rings (SSSR count). The molecule has 2 heterocycles. The molecule has 1 aromatic heterocycles. The molecule has 1 fully saturated rings. The summed E-state index contributed by atoms with van der Waals surface area (Å²) in [5.74, 6) is 2.29. The first-order chi connectivity index (χ1) is 10.2. The molecule has 0 spiro atoms. The summed E-state index contributed by atoms with van der Waals surface area (Å²) < 4.78 is 0. The zero-order valence-corrected chi connectivity index (χ0v) is 13.8. The molecule has 1 saturated heterocycles. The average molecular weight is 292 g/mol. The molecular weight excluding hydrogens is 264 g/mol. The zero-order valence-electron chi connectivity index (χ0n) is 13.8. The molecule has 21 heavy (non-hydrogen) atoms. The van der Waals surface area contributed by atoms with Crippen molar-refractivity contribution in [2.45, 2.75) is 53.0 Å². The van der Waals surface area contributed by atoms with Crippen molar-refractivity contribution in [3.8, 4) is 0 Å². The molecule has 0 saturated carbocycles. The number of nitrogens with one attached hydrogen (secondary N) is 1. The molecule has 0 radical (unpaired) electrons. The van der Waals surface area contributed by atoms with Gasteiger partial charge in [0.15, 0.2) is 0 Å². The highest BCUT2D eigenvalue weighted by Gasteiger charge is 2.20. The molecule has 6 heteroatoms. The lowest BCUT2D eigenvalue weighted by atomic mass is 10.2. The van der Waals surface area contributed by atoms with Gasteiger partial charge in [-0.1, -0.05) is 6.92 Å². The van der Waals surface area contributed by atoms with Crippen LogP contribution < -0.4 is 15.1 Å². The van der Waals surface area contributed by atoms with Crippen molar-refractivity contribution in [2.24, 2.45) is 0 Å². The predicted molar refractivity (Wildman–Crippen MR) is 88.2 cm³/mol. The minimum Gasteiger partial charge on any atom is -0.354 e. The molecule has 0 aromatic carbocycles. The van der Waals surface area contributed by atoms with Crippen LogP contribution in [0.5, 0.6) is 0 Å². The van der Waals surface area contributed by atoms with Crippen molar-refractivity contribution in [3.63, 3.8) is 0 Å². The Kier molecular flexibility index (Phi) is 5.59. The molecule has 0 amide bonds. The standard InChI is InChI=1S/C15H28N6/c1-5-12(4)21(7-3)15-18-13(16-6-2)17-14(19-15)20-10-8-9-11-20/h12H,5-11H2,1-4H3,(H,16,17,18,19). The summed E-state index contributed by atoms with van der Waals surface area (Å²) in [6.07, 6.45) is 3.52. The van der Waals surface area contributed by atoms with Crippen molar-refractivity contribution in [1.82, 2.24) is 15.0 Å². The van der Waals surface area contributed by atoms with Crippen LogP contribution in [0, 0.1) is 0 Å². The number of aromatic nitrogens is 3. The molecule has 0 aliphatic carbocycles. The first-order valence-electron chi connectivity index (χ1n) is 8.21. The van der Waals surface area contributed by atoms with Gasteiger partial charge < -0.3 is 15.1 Å². The summed E-state index contributed by atoms with van der Waals surface area (Å²) in [5.41, 5.74) is 0. The smallest absolute Gasteiger partial charge is 0.232 e. The Bertz CT molecular complexity index is 444. The van der Waals surface area contributed by atoms with Gasteiger partial charge in [0, 0.05) is 32.2 Å². The highest BCUT2D eigenvalue weighted by molar-refractivity contribution is 5.46. The molecular formula is C15H28N6. The Labute approximate surface area is 128 Å². The molecule has 1 aliphatic heterocycles. The largest absolute Gasteiger partial charge is 0.354 e. The Morgan fingerprint density at radius 2 is 1.86 bits per heavy atom. The third-order valence-corrected chi connectivity index (χ3v) is 4.06. The second kappa shape index (κ2) is 7.43. The van der Waals surface area contributed by atoms with E-state index in [2.05, 4.69) is 52.8 Å². The fourth-order valence-electron chi connectivity index (χ4n) is 2.65. The highest BCUT2D eigenvalue weighted by Crippen LogP contribution is 2.21. The van der Waals surface area contributed by atoms with E-state index in [1.165, 1.54) is 12.8 Å². The first-order valence-corrected chi connectivity index (χ1v) is 8.21. The summed E-state index contributed by atoms with van der Waals surface area (Å²) >= 11 is 0. The normalized spacial score (nSPS) is 16.1. The van der Waals surface area contributed by atoms with E-state index in [1.54, 1.807) is 0 Å². The van der Waals surface area contributed by atoms with Crippen LogP contribution in [0.3, 0.4) is 0 Å². The van der Waals surface area contributed by atoms with Gasteiger partial charge in [0.2, 0.25) is 17.8 Å². The van der Waals surface area contributed by atoms with Gasteiger partial charge in [-0.3, -0.25) is 0 Å². The lowest BCUT2D eigenvalue weighted by molar-refractivity contribution is 0.613. The van der Waals surface area contributed by atoms with E-state index in [1.807, 2.05) is 0 Å². The van der Waals surface area contributed by atoms with Crippen molar-refractivity contribution in [1.29, 1.82) is 0 Å². The maximum Gasteiger partial charge on any atom is 0.232 e. The van der Waals surface area contributed by atoms with Crippen LogP contribution in [0.2, 0.25) is 0 Å². The van der Waals surface area contributed by atoms with Crippen LogP contribution in [0.25, 0.3) is 0 Å². The van der Waals surface area contributed by atoms with E-state index in [4.69, 9.17) is 4.98 Å². The SMILES string of the molecule is CCNc1nc(N2CCCC2)nc(N(CC)C(C)CC)n1. The second-order valence-corrected chi connectivity index (χ2v) is 5.53. The predicted octanol–water partition coefficient (Wildman–Crippen LogP) is 2.53. The van der Waals surface area contributed by atoms with Gasteiger partial charge >= 0.3 is 0 Å². The number of hydrogen-bond donors (Lipinski definition) is 1. The average Bonchev–Trinajstić information content (AvgIpc) is 3.02. The maximum absolute atomic E-state index is 4.73. The van der Waals surface area contributed by atoms with Crippen LogP contribution in [0.15, 0.2) is 0 Å². The fraction of sp³-hybridized carbons (Fsp3) is 0.800. The lowest BCUT2D eigenvalue weighted by Gasteiger charge is -2.28. The second-order valence-electron chi connectivity index (χ2n) is 5.53. The minimum absolute atomic E-state index is 0.429. The lowest BCUT2D eigenvalue weighted by Crippen LogP contribution is -2.35. The van der Waals surface area contributed by atoms with E-state index in [-0.39, 0.29) is 0 Å². The third-order valence-electron chi connectivity index (χ3n) is 4.06. The first kappa shape index (κ1) is 15.8. The Balaban J connectivity index is 2.33. The molecule has 1 atom stereocenters. The summed E-state index contributed by atoms with van der Waals surface area (Å²) in [6.45, 7) is 12.4. The van der Waals surface area contributed by atoms with Gasteiger partial charge in [-0.25, -0.2) is 0 Å². The van der Waals surface area contributed by atoms with Gasteiger partial charge in [0.1, 0.15) is 0 Å². The fourth-order valence-corrected chi connectivity index (χ4v) is 2.65. The minimum atomic E-state index is 0.429. The molecule has 6 nitrogen and oxygen atoms in total. The Hall–Kier alpha value is -1.59. The number of hydrogen-bond acceptors (Lipinski definition) is 6. The van der Waals surface area contributed by atoms with E-state index in [9.17, 15) is 0 Å². The van der Waals surface area contributed by atoms with Gasteiger partial charge in [0.05, 0.1) is 0 Å². The molecule has 1 aromatic rings. The van der Waals surface area contributed by atoms with Crippen LogP contribution >= 0.6 is 0 Å². The molecule has 118 valence electrons. The van der Waals surface area contributed by atoms with E-state index < -0.39 is 0 Å². The van der Waals surface area contributed by atoms with Crippen molar-refractivity contribution in [2.75, 3.05) is 41.3 Å². The van der Waals surface area contributed by atoms with Crippen molar-refractivity contribution < 1.29 is 0 Å². The van der Waals surface area contributed by atoms with E-state index in [0.717, 1.165) is 44.5 Å². The van der Waals surface area contributed by atoms with Crippen LogP contribution in [-0.4, -0.2) is 47.2 Å². The van der Waals surface area contributed by atoms with E-state index >= 15 is 0 Å². The number of nitrogens with zero attached hydrogens (tertiary/aromatic N) is 5.